The van der Waals surface area contributed by atoms with Crippen molar-refractivity contribution in [2.45, 2.75) is 64.8 Å². The first-order chi connectivity index (χ1) is 8.10. The number of Topliss-reactive ketones (excluding diaryl/α,β-unsaturated/α-hetero) is 1. The van der Waals surface area contributed by atoms with E-state index < -0.39 is 0 Å². The van der Waals surface area contributed by atoms with Gasteiger partial charge in [0.2, 0.25) is 0 Å². The molecule has 0 saturated heterocycles. The van der Waals surface area contributed by atoms with Gasteiger partial charge in [-0.2, -0.15) is 0 Å². The van der Waals surface area contributed by atoms with Crippen LogP contribution in [-0.2, 0) is 4.79 Å². The Morgan fingerprint density at radius 3 is 2.12 bits per heavy atom. The first-order valence-electron chi connectivity index (χ1n) is 7.05. The summed E-state index contributed by atoms with van der Waals surface area (Å²) in [5.41, 5.74) is 0.912. The highest BCUT2D eigenvalue weighted by Gasteiger charge is 2.44. The van der Waals surface area contributed by atoms with Crippen molar-refractivity contribution >= 4 is 5.78 Å². The van der Waals surface area contributed by atoms with E-state index >= 15 is 0 Å². The van der Waals surface area contributed by atoms with Crippen molar-refractivity contribution in [2.24, 2.45) is 0 Å². The molecule has 0 N–H and O–H groups in total. The Kier molecular flexibility index (Phi) is 5.38. The van der Waals surface area contributed by atoms with E-state index in [0.29, 0.717) is 12.2 Å². The van der Waals surface area contributed by atoms with Gasteiger partial charge in [-0.1, -0.05) is 45.8 Å². The van der Waals surface area contributed by atoms with E-state index in [0.717, 1.165) is 37.9 Å². The van der Waals surface area contributed by atoms with Gasteiger partial charge in [0.15, 0.2) is 5.78 Å². The van der Waals surface area contributed by atoms with Gasteiger partial charge in [-0.25, -0.2) is 0 Å². The molecule has 0 heterocycles. The number of nitrogens with zero attached hydrogens (tertiary/aromatic N) is 1. The number of ketones is 1. The lowest BCUT2D eigenvalue weighted by Crippen LogP contribution is -2.52. The summed E-state index contributed by atoms with van der Waals surface area (Å²) in [6, 6.07) is 0. The normalized spacial score (nSPS) is 18.6. The summed E-state index contributed by atoms with van der Waals surface area (Å²) in [6.07, 6.45) is 5.98. The van der Waals surface area contributed by atoms with E-state index in [9.17, 15) is 4.79 Å². The summed E-state index contributed by atoms with van der Waals surface area (Å²) in [5.74, 6) is 0.408. The van der Waals surface area contributed by atoms with Gasteiger partial charge < -0.3 is 0 Å². The van der Waals surface area contributed by atoms with Gasteiger partial charge >= 0.3 is 0 Å². The number of hydrogen-bond donors (Lipinski definition) is 0. The zero-order valence-corrected chi connectivity index (χ0v) is 11.7. The monoisotopic (exact) mass is 237 g/mol. The molecule has 2 nitrogen and oxygen atoms in total. The molecule has 1 aliphatic carbocycles. The highest BCUT2D eigenvalue weighted by Crippen LogP contribution is 2.37. The fourth-order valence-corrected chi connectivity index (χ4v) is 3.08. The largest absolute Gasteiger partial charge is 0.297 e. The molecule has 0 aromatic rings. The molecule has 1 fully saturated rings. The molecule has 0 atom stereocenters. The summed E-state index contributed by atoms with van der Waals surface area (Å²) < 4.78 is 0. The summed E-state index contributed by atoms with van der Waals surface area (Å²) >= 11 is 0. The number of carbonyl (C=O) groups is 1. The molecule has 0 unspecified atom stereocenters. The first kappa shape index (κ1) is 14.4. The fourth-order valence-electron chi connectivity index (χ4n) is 3.08. The molecular weight excluding hydrogens is 210 g/mol. The van der Waals surface area contributed by atoms with Crippen LogP contribution in [0.1, 0.15) is 59.3 Å². The summed E-state index contributed by atoms with van der Waals surface area (Å²) in [4.78, 5) is 15.0. The standard InChI is InChI=1S/C15H27NO/c1-5-13(4)12-14(17)15(10-8-9-11-15)16(6-2)7-3/h4-12H2,1-3H3. The number of carbonyl (C=O) groups excluding carboxylic acids is 1. The highest BCUT2D eigenvalue weighted by atomic mass is 16.1. The van der Waals surface area contributed by atoms with Crippen molar-refractivity contribution in [3.8, 4) is 0 Å². The molecule has 1 aliphatic rings. The van der Waals surface area contributed by atoms with Gasteiger partial charge in [0.05, 0.1) is 5.54 Å². The van der Waals surface area contributed by atoms with Crippen LogP contribution in [0.5, 0.6) is 0 Å². The van der Waals surface area contributed by atoms with Crippen molar-refractivity contribution in [3.05, 3.63) is 12.2 Å². The maximum Gasteiger partial charge on any atom is 0.157 e. The Balaban J connectivity index is 2.83. The third-order valence-electron chi connectivity index (χ3n) is 4.23. The van der Waals surface area contributed by atoms with E-state index in [4.69, 9.17) is 0 Å². The lowest BCUT2D eigenvalue weighted by atomic mass is 9.86. The number of allylic oxidation sites excluding steroid dienone is 1. The smallest absolute Gasteiger partial charge is 0.157 e. The first-order valence-corrected chi connectivity index (χ1v) is 7.05. The van der Waals surface area contributed by atoms with Gasteiger partial charge in [-0.15, -0.1) is 0 Å². The third kappa shape index (κ3) is 2.98. The van der Waals surface area contributed by atoms with E-state index in [1.54, 1.807) is 0 Å². The third-order valence-corrected chi connectivity index (χ3v) is 4.23. The SMILES string of the molecule is C=C(CC)CC(=O)C1(N(CC)CC)CCCC1. The van der Waals surface area contributed by atoms with E-state index in [2.05, 4.69) is 32.3 Å². The van der Waals surface area contributed by atoms with Gasteiger partial charge in [0, 0.05) is 6.42 Å². The Hall–Kier alpha value is -0.630. The van der Waals surface area contributed by atoms with E-state index in [1.165, 1.54) is 12.8 Å². The second-order valence-corrected chi connectivity index (χ2v) is 5.11. The van der Waals surface area contributed by atoms with Crippen LogP contribution < -0.4 is 0 Å². The van der Waals surface area contributed by atoms with Crippen molar-refractivity contribution < 1.29 is 4.79 Å². The summed E-state index contributed by atoms with van der Waals surface area (Å²) in [5, 5.41) is 0. The lowest BCUT2D eigenvalue weighted by molar-refractivity contribution is -0.130. The van der Waals surface area contributed by atoms with Crippen LogP contribution in [0, 0.1) is 0 Å². The quantitative estimate of drug-likeness (QED) is 0.631. The summed E-state index contributed by atoms with van der Waals surface area (Å²) in [7, 11) is 0. The van der Waals surface area contributed by atoms with Gasteiger partial charge in [-0.3, -0.25) is 9.69 Å². The van der Waals surface area contributed by atoms with Crippen LogP contribution >= 0.6 is 0 Å². The van der Waals surface area contributed by atoms with E-state index in [1.807, 2.05) is 0 Å². The Labute approximate surface area is 106 Å². The topological polar surface area (TPSA) is 20.3 Å². The molecule has 1 saturated carbocycles. The van der Waals surface area contributed by atoms with Crippen molar-refractivity contribution in [1.29, 1.82) is 0 Å². The zero-order valence-electron chi connectivity index (χ0n) is 11.7. The molecule has 0 amide bonds. The Morgan fingerprint density at radius 2 is 1.71 bits per heavy atom. The molecule has 98 valence electrons. The molecule has 2 heteroatoms. The van der Waals surface area contributed by atoms with Gasteiger partial charge in [0.1, 0.15) is 0 Å². The summed E-state index contributed by atoms with van der Waals surface area (Å²) in [6.45, 7) is 12.3. The van der Waals surface area contributed by atoms with Crippen LogP contribution in [0.25, 0.3) is 0 Å². The van der Waals surface area contributed by atoms with Crippen LogP contribution in [0.15, 0.2) is 12.2 Å². The minimum atomic E-state index is -0.165. The molecule has 0 radical (unpaired) electrons. The maximum absolute atomic E-state index is 12.6. The molecule has 1 rings (SSSR count). The molecule has 17 heavy (non-hydrogen) atoms. The lowest BCUT2D eigenvalue weighted by Gasteiger charge is -2.39. The second-order valence-electron chi connectivity index (χ2n) is 5.11. The average Bonchev–Trinajstić information content (AvgIpc) is 2.81. The van der Waals surface area contributed by atoms with Crippen LogP contribution in [0.4, 0.5) is 0 Å². The van der Waals surface area contributed by atoms with Gasteiger partial charge in [0.25, 0.3) is 0 Å². The second kappa shape index (κ2) is 6.34. The minimum Gasteiger partial charge on any atom is -0.297 e. The van der Waals surface area contributed by atoms with Crippen LogP contribution in [0.2, 0.25) is 0 Å². The van der Waals surface area contributed by atoms with Crippen molar-refractivity contribution in [2.75, 3.05) is 13.1 Å². The number of likely N-dealkylation sites (N-methyl/N-ethyl adjacent to an activating group) is 1. The van der Waals surface area contributed by atoms with Crippen molar-refractivity contribution in [1.82, 2.24) is 4.90 Å². The molecule has 0 spiro atoms. The van der Waals surface area contributed by atoms with Crippen molar-refractivity contribution in [3.63, 3.8) is 0 Å². The highest BCUT2D eigenvalue weighted by molar-refractivity contribution is 5.90. The molecule has 0 aromatic heterocycles. The maximum atomic E-state index is 12.6. The predicted octanol–water partition coefficient (Wildman–Crippen LogP) is 3.57. The minimum absolute atomic E-state index is 0.165. The molecule has 0 aromatic carbocycles. The molecular formula is C15H27NO. The number of rotatable bonds is 7. The van der Waals surface area contributed by atoms with Crippen LogP contribution in [0.3, 0.4) is 0 Å². The Morgan fingerprint density at radius 1 is 1.18 bits per heavy atom. The fraction of sp³-hybridized carbons (Fsp3) is 0.800. The van der Waals surface area contributed by atoms with Gasteiger partial charge in [-0.05, 0) is 32.4 Å². The molecule has 0 bridgehead atoms. The number of hydrogen-bond acceptors (Lipinski definition) is 2. The average molecular weight is 237 g/mol. The zero-order chi connectivity index (χ0) is 12.9. The van der Waals surface area contributed by atoms with E-state index in [-0.39, 0.29) is 5.54 Å². The molecule has 0 aliphatic heterocycles. The van der Waals surface area contributed by atoms with Crippen LogP contribution in [-0.4, -0.2) is 29.3 Å². The Bertz CT molecular complexity index is 273. The predicted molar refractivity (Wildman–Crippen MR) is 73.2 cm³/mol.